The number of ether oxygens (including phenoxy) is 1. The van der Waals surface area contributed by atoms with Gasteiger partial charge in [-0.3, -0.25) is 4.79 Å². The third-order valence-electron chi connectivity index (χ3n) is 2.65. The SMILES string of the molecule is COc1ccc(C(=O)C=C2CCCN2)cc1. The molecule has 0 atom stereocenters. The molecule has 0 radical (unpaired) electrons. The second kappa shape index (κ2) is 4.84. The fourth-order valence-electron chi connectivity index (χ4n) is 1.74. The second-order valence-corrected chi connectivity index (χ2v) is 3.79. The molecule has 1 saturated heterocycles. The standard InChI is InChI=1S/C13H15NO2/c1-16-12-6-4-10(5-7-12)13(15)9-11-3-2-8-14-11/h4-7,9,14H,2-3,8H2,1H3. The summed E-state index contributed by atoms with van der Waals surface area (Å²) in [6.45, 7) is 0.974. The highest BCUT2D eigenvalue weighted by Gasteiger charge is 2.09. The summed E-state index contributed by atoms with van der Waals surface area (Å²) in [5.41, 5.74) is 1.74. The topological polar surface area (TPSA) is 38.3 Å². The Morgan fingerprint density at radius 3 is 2.69 bits per heavy atom. The Labute approximate surface area is 95.1 Å². The lowest BCUT2D eigenvalue weighted by molar-refractivity contribution is 0.104. The van der Waals surface area contributed by atoms with Crippen LogP contribution >= 0.6 is 0 Å². The number of benzene rings is 1. The maximum absolute atomic E-state index is 11.8. The van der Waals surface area contributed by atoms with E-state index in [2.05, 4.69) is 5.32 Å². The Morgan fingerprint density at radius 2 is 2.12 bits per heavy atom. The molecule has 1 aliphatic heterocycles. The zero-order valence-electron chi connectivity index (χ0n) is 9.32. The van der Waals surface area contributed by atoms with Gasteiger partial charge in [0.25, 0.3) is 0 Å². The van der Waals surface area contributed by atoms with Crippen LogP contribution in [0.5, 0.6) is 5.75 Å². The molecule has 1 aromatic carbocycles. The summed E-state index contributed by atoms with van der Waals surface area (Å²) in [6.07, 6.45) is 3.78. The first kappa shape index (κ1) is 10.7. The van der Waals surface area contributed by atoms with Crippen molar-refractivity contribution in [1.29, 1.82) is 0 Å². The van der Waals surface area contributed by atoms with Crippen molar-refractivity contribution in [1.82, 2.24) is 5.32 Å². The van der Waals surface area contributed by atoms with Crippen LogP contribution in [0.1, 0.15) is 23.2 Å². The van der Waals surface area contributed by atoms with E-state index in [1.165, 1.54) is 0 Å². The summed E-state index contributed by atoms with van der Waals surface area (Å²) >= 11 is 0. The van der Waals surface area contributed by atoms with Crippen LogP contribution in [0.2, 0.25) is 0 Å². The molecule has 2 rings (SSSR count). The molecule has 1 N–H and O–H groups in total. The van der Waals surface area contributed by atoms with Crippen LogP contribution < -0.4 is 10.1 Å². The lowest BCUT2D eigenvalue weighted by atomic mass is 10.1. The van der Waals surface area contributed by atoms with Gasteiger partial charge < -0.3 is 10.1 Å². The van der Waals surface area contributed by atoms with Crippen molar-refractivity contribution in [3.63, 3.8) is 0 Å². The van der Waals surface area contributed by atoms with Gasteiger partial charge in [0.05, 0.1) is 7.11 Å². The number of nitrogens with one attached hydrogen (secondary N) is 1. The molecule has 0 saturated carbocycles. The number of hydrogen-bond acceptors (Lipinski definition) is 3. The van der Waals surface area contributed by atoms with Crippen LogP contribution in [0, 0.1) is 0 Å². The first-order chi connectivity index (χ1) is 7.79. The average molecular weight is 217 g/mol. The number of allylic oxidation sites excluding steroid dienone is 2. The number of methoxy groups -OCH3 is 1. The minimum absolute atomic E-state index is 0.0482. The molecule has 0 aliphatic carbocycles. The minimum Gasteiger partial charge on any atom is -0.497 e. The van der Waals surface area contributed by atoms with Gasteiger partial charge in [-0.2, -0.15) is 0 Å². The van der Waals surface area contributed by atoms with Crippen LogP contribution in [0.25, 0.3) is 0 Å². The summed E-state index contributed by atoms with van der Waals surface area (Å²) in [4.78, 5) is 11.8. The third-order valence-corrected chi connectivity index (χ3v) is 2.65. The van der Waals surface area contributed by atoms with Gasteiger partial charge in [-0.05, 0) is 37.1 Å². The first-order valence-electron chi connectivity index (χ1n) is 5.42. The molecule has 0 spiro atoms. The Kier molecular flexibility index (Phi) is 3.25. The van der Waals surface area contributed by atoms with Gasteiger partial charge in [-0.1, -0.05) is 0 Å². The molecule has 3 nitrogen and oxygen atoms in total. The van der Waals surface area contributed by atoms with E-state index in [0.717, 1.165) is 30.8 Å². The molecular weight excluding hydrogens is 202 g/mol. The van der Waals surface area contributed by atoms with Crippen molar-refractivity contribution in [2.24, 2.45) is 0 Å². The molecular formula is C13H15NO2. The Hall–Kier alpha value is -1.77. The van der Waals surface area contributed by atoms with Crippen LogP contribution in [0.4, 0.5) is 0 Å². The number of rotatable bonds is 3. The van der Waals surface area contributed by atoms with E-state index in [1.807, 2.05) is 0 Å². The molecule has 0 aromatic heterocycles. The van der Waals surface area contributed by atoms with E-state index in [1.54, 1.807) is 37.5 Å². The molecule has 84 valence electrons. The van der Waals surface area contributed by atoms with Gasteiger partial charge >= 0.3 is 0 Å². The zero-order valence-corrected chi connectivity index (χ0v) is 9.32. The fourth-order valence-corrected chi connectivity index (χ4v) is 1.74. The van der Waals surface area contributed by atoms with Gasteiger partial charge in [-0.25, -0.2) is 0 Å². The number of hydrogen-bond donors (Lipinski definition) is 1. The summed E-state index contributed by atoms with van der Waals surface area (Å²) in [7, 11) is 1.61. The van der Waals surface area contributed by atoms with Crippen molar-refractivity contribution >= 4 is 5.78 Å². The average Bonchev–Trinajstić information content (AvgIpc) is 2.82. The predicted molar refractivity (Wildman–Crippen MR) is 62.6 cm³/mol. The van der Waals surface area contributed by atoms with E-state index in [9.17, 15) is 4.79 Å². The van der Waals surface area contributed by atoms with Crippen LogP contribution in [0.15, 0.2) is 36.0 Å². The number of carbonyl (C=O) groups excluding carboxylic acids is 1. The van der Waals surface area contributed by atoms with Gasteiger partial charge in [0.2, 0.25) is 0 Å². The number of ketones is 1. The molecule has 3 heteroatoms. The zero-order chi connectivity index (χ0) is 11.4. The lowest BCUT2D eigenvalue weighted by Gasteiger charge is -2.01. The quantitative estimate of drug-likeness (QED) is 0.622. The van der Waals surface area contributed by atoms with Crippen LogP contribution in [-0.4, -0.2) is 19.4 Å². The fraction of sp³-hybridized carbons (Fsp3) is 0.308. The van der Waals surface area contributed by atoms with Gasteiger partial charge in [-0.15, -0.1) is 0 Å². The first-order valence-corrected chi connectivity index (χ1v) is 5.42. The molecule has 1 fully saturated rings. The van der Waals surface area contributed by atoms with E-state index in [-0.39, 0.29) is 5.78 Å². The van der Waals surface area contributed by atoms with E-state index in [4.69, 9.17) is 4.74 Å². The monoisotopic (exact) mass is 217 g/mol. The van der Waals surface area contributed by atoms with E-state index < -0.39 is 0 Å². The molecule has 16 heavy (non-hydrogen) atoms. The predicted octanol–water partition coefficient (Wildman–Crippen LogP) is 2.15. The molecule has 1 aliphatic rings. The highest BCUT2D eigenvalue weighted by Crippen LogP contribution is 2.14. The molecule has 1 heterocycles. The van der Waals surface area contributed by atoms with Crippen LogP contribution in [-0.2, 0) is 0 Å². The highest BCUT2D eigenvalue weighted by molar-refractivity contribution is 6.04. The summed E-state index contributed by atoms with van der Waals surface area (Å²) in [6, 6.07) is 7.17. The minimum atomic E-state index is 0.0482. The molecule has 0 bridgehead atoms. The largest absolute Gasteiger partial charge is 0.497 e. The van der Waals surface area contributed by atoms with Crippen molar-refractivity contribution in [2.75, 3.05) is 13.7 Å². The molecule has 0 unspecified atom stereocenters. The van der Waals surface area contributed by atoms with Crippen molar-refractivity contribution in [3.05, 3.63) is 41.6 Å². The van der Waals surface area contributed by atoms with Gasteiger partial charge in [0, 0.05) is 23.9 Å². The highest BCUT2D eigenvalue weighted by atomic mass is 16.5. The summed E-state index contributed by atoms with van der Waals surface area (Å²) < 4.78 is 5.04. The Morgan fingerprint density at radius 1 is 1.38 bits per heavy atom. The van der Waals surface area contributed by atoms with Crippen LogP contribution in [0.3, 0.4) is 0 Å². The summed E-state index contributed by atoms with van der Waals surface area (Å²) in [5, 5.41) is 3.20. The maximum atomic E-state index is 11.8. The smallest absolute Gasteiger partial charge is 0.187 e. The third kappa shape index (κ3) is 2.42. The van der Waals surface area contributed by atoms with Crippen molar-refractivity contribution in [3.8, 4) is 5.75 Å². The van der Waals surface area contributed by atoms with E-state index in [0.29, 0.717) is 5.56 Å². The molecule has 1 aromatic rings. The maximum Gasteiger partial charge on any atom is 0.187 e. The Bertz CT molecular complexity index is 398. The normalized spacial score (nSPS) is 17.2. The Balaban J connectivity index is 2.11. The van der Waals surface area contributed by atoms with Gasteiger partial charge in [0.1, 0.15) is 5.75 Å². The van der Waals surface area contributed by atoms with Crippen molar-refractivity contribution in [2.45, 2.75) is 12.8 Å². The molecule has 0 amide bonds. The van der Waals surface area contributed by atoms with E-state index >= 15 is 0 Å². The lowest BCUT2D eigenvalue weighted by Crippen LogP contribution is -2.06. The second-order valence-electron chi connectivity index (χ2n) is 3.79. The van der Waals surface area contributed by atoms with Gasteiger partial charge in [0.15, 0.2) is 5.78 Å². The van der Waals surface area contributed by atoms with Crippen molar-refractivity contribution < 1.29 is 9.53 Å². The number of carbonyl (C=O) groups is 1. The summed E-state index contributed by atoms with van der Waals surface area (Å²) in [5.74, 6) is 0.815.